The molecule has 1 heterocycles. The molecule has 2 rings (SSSR count). The van der Waals surface area contributed by atoms with Gasteiger partial charge in [-0.15, -0.1) is 0 Å². The van der Waals surface area contributed by atoms with Crippen molar-refractivity contribution >= 4 is 33.3 Å². The standard InChI is InChI=1S/C13H11BrN2O2/c1-8-6-9(14)2-3-11(8)16-12-4-5-15-7-10(12)13(17)18/h2-7H,1H3,(H,15,16)(H,17,18). The first-order valence-corrected chi connectivity index (χ1v) is 6.07. The Hall–Kier alpha value is -1.88. The van der Waals surface area contributed by atoms with Gasteiger partial charge in [0.1, 0.15) is 5.56 Å². The minimum Gasteiger partial charge on any atom is -0.478 e. The molecule has 1 aromatic heterocycles. The van der Waals surface area contributed by atoms with Crippen LogP contribution in [0.25, 0.3) is 0 Å². The van der Waals surface area contributed by atoms with E-state index in [1.807, 2.05) is 25.1 Å². The van der Waals surface area contributed by atoms with Crippen molar-refractivity contribution in [2.75, 3.05) is 5.32 Å². The van der Waals surface area contributed by atoms with Crippen LogP contribution in [-0.4, -0.2) is 16.1 Å². The summed E-state index contributed by atoms with van der Waals surface area (Å²) in [5.74, 6) is -1.000. The second-order valence-corrected chi connectivity index (χ2v) is 4.73. The highest BCUT2D eigenvalue weighted by molar-refractivity contribution is 9.10. The van der Waals surface area contributed by atoms with Gasteiger partial charge in [0.05, 0.1) is 5.69 Å². The number of carboxylic acid groups (broad SMARTS) is 1. The van der Waals surface area contributed by atoms with Crippen LogP contribution in [0, 0.1) is 6.92 Å². The highest BCUT2D eigenvalue weighted by Gasteiger charge is 2.10. The normalized spacial score (nSPS) is 10.1. The SMILES string of the molecule is Cc1cc(Br)ccc1Nc1ccncc1C(=O)O. The molecular formula is C13H11BrN2O2. The van der Waals surface area contributed by atoms with Gasteiger partial charge in [0, 0.05) is 22.6 Å². The van der Waals surface area contributed by atoms with E-state index in [0.717, 1.165) is 15.7 Å². The van der Waals surface area contributed by atoms with Gasteiger partial charge in [-0.25, -0.2) is 4.79 Å². The molecule has 0 fully saturated rings. The van der Waals surface area contributed by atoms with Crippen LogP contribution in [0.4, 0.5) is 11.4 Å². The Labute approximate surface area is 113 Å². The molecule has 1 aromatic carbocycles. The number of nitrogens with one attached hydrogen (secondary N) is 1. The van der Waals surface area contributed by atoms with Crippen molar-refractivity contribution in [3.05, 3.63) is 52.3 Å². The van der Waals surface area contributed by atoms with Gasteiger partial charge < -0.3 is 10.4 Å². The van der Waals surface area contributed by atoms with Crippen LogP contribution in [0.1, 0.15) is 15.9 Å². The number of aromatic carboxylic acids is 1. The second kappa shape index (κ2) is 5.18. The molecule has 0 bridgehead atoms. The molecule has 18 heavy (non-hydrogen) atoms. The maximum Gasteiger partial charge on any atom is 0.339 e. The van der Waals surface area contributed by atoms with Gasteiger partial charge in [0.15, 0.2) is 0 Å². The number of carboxylic acids is 1. The number of aromatic nitrogens is 1. The van der Waals surface area contributed by atoms with E-state index < -0.39 is 5.97 Å². The van der Waals surface area contributed by atoms with Gasteiger partial charge in [-0.3, -0.25) is 4.98 Å². The summed E-state index contributed by atoms with van der Waals surface area (Å²) in [6.45, 7) is 1.95. The third-order valence-corrected chi connectivity index (χ3v) is 3.00. The van der Waals surface area contributed by atoms with E-state index in [2.05, 4.69) is 26.2 Å². The van der Waals surface area contributed by atoms with Crippen LogP contribution in [0.5, 0.6) is 0 Å². The van der Waals surface area contributed by atoms with Crippen molar-refractivity contribution in [3.8, 4) is 0 Å². The Morgan fingerprint density at radius 3 is 2.78 bits per heavy atom. The van der Waals surface area contributed by atoms with E-state index in [0.29, 0.717) is 5.69 Å². The summed E-state index contributed by atoms with van der Waals surface area (Å²) in [5.41, 5.74) is 2.58. The maximum atomic E-state index is 11.1. The zero-order valence-corrected chi connectivity index (χ0v) is 11.2. The lowest BCUT2D eigenvalue weighted by molar-refractivity contribution is 0.0697. The number of rotatable bonds is 3. The molecule has 0 saturated heterocycles. The summed E-state index contributed by atoms with van der Waals surface area (Å²) in [5, 5.41) is 12.2. The summed E-state index contributed by atoms with van der Waals surface area (Å²) in [7, 11) is 0. The molecule has 0 unspecified atom stereocenters. The van der Waals surface area contributed by atoms with E-state index in [-0.39, 0.29) is 5.56 Å². The minimum absolute atomic E-state index is 0.153. The average molecular weight is 307 g/mol. The number of hydrogen-bond donors (Lipinski definition) is 2. The quantitative estimate of drug-likeness (QED) is 0.909. The smallest absolute Gasteiger partial charge is 0.339 e. The van der Waals surface area contributed by atoms with E-state index in [1.165, 1.54) is 6.20 Å². The molecule has 0 radical (unpaired) electrons. The van der Waals surface area contributed by atoms with Crippen molar-refractivity contribution in [3.63, 3.8) is 0 Å². The molecule has 0 aliphatic carbocycles. The molecule has 92 valence electrons. The van der Waals surface area contributed by atoms with E-state index in [4.69, 9.17) is 5.11 Å². The van der Waals surface area contributed by atoms with Crippen LogP contribution >= 0.6 is 15.9 Å². The number of aryl methyl sites for hydroxylation is 1. The van der Waals surface area contributed by atoms with Crippen LogP contribution < -0.4 is 5.32 Å². The molecule has 0 aliphatic heterocycles. The first-order valence-electron chi connectivity index (χ1n) is 5.28. The summed E-state index contributed by atoms with van der Waals surface area (Å²) in [4.78, 5) is 14.9. The minimum atomic E-state index is -1.000. The van der Waals surface area contributed by atoms with Gasteiger partial charge in [-0.2, -0.15) is 0 Å². The zero-order chi connectivity index (χ0) is 13.1. The molecule has 0 atom stereocenters. The number of hydrogen-bond acceptors (Lipinski definition) is 3. The topological polar surface area (TPSA) is 62.2 Å². The van der Waals surface area contributed by atoms with Gasteiger partial charge in [-0.05, 0) is 36.8 Å². The first-order chi connectivity index (χ1) is 8.58. The predicted octanol–water partition coefficient (Wildman–Crippen LogP) is 3.59. The average Bonchev–Trinajstić information content (AvgIpc) is 2.33. The Morgan fingerprint density at radius 2 is 2.11 bits per heavy atom. The summed E-state index contributed by atoms with van der Waals surface area (Å²) in [6, 6.07) is 7.40. The summed E-state index contributed by atoms with van der Waals surface area (Å²) in [6.07, 6.45) is 2.89. The number of pyridine rings is 1. The molecular weight excluding hydrogens is 296 g/mol. The maximum absolute atomic E-state index is 11.1. The number of nitrogens with zero attached hydrogens (tertiary/aromatic N) is 1. The zero-order valence-electron chi connectivity index (χ0n) is 9.64. The lowest BCUT2D eigenvalue weighted by Gasteiger charge is -2.11. The summed E-state index contributed by atoms with van der Waals surface area (Å²) < 4.78 is 0.985. The first kappa shape index (κ1) is 12.6. The van der Waals surface area contributed by atoms with Crippen LogP contribution in [0.3, 0.4) is 0 Å². The van der Waals surface area contributed by atoms with Gasteiger partial charge >= 0.3 is 5.97 Å². The van der Waals surface area contributed by atoms with Crippen LogP contribution in [0.15, 0.2) is 41.1 Å². The fourth-order valence-electron chi connectivity index (χ4n) is 1.59. The molecule has 0 spiro atoms. The number of carbonyl (C=O) groups is 1. The lowest BCUT2D eigenvalue weighted by atomic mass is 10.1. The van der Waals surface area contributed by atoms with Crippen LogP contribution in [-0.2, 0) is 0 Å². The Bertz CT molecular complexity index is 599. The Kier molecular flexibility index (Phi) is 3.62. The molecule has 0 saturated carbocycles. The third kappa shape index (κ3) is 2.68. The highest BCUT2D eigenvalue weighted by atomic mass is 79.9. The lowest BCUT2D eigenvalue weighted by Crippen LogP contribution is -2.03. The number of anilines is 2. The Morgan fingerprint density at radius 1 is 1.33 bits per heavy atom. The summed E-state index contributed by atoms with van der Waals surface area (Å²) >= 11 is 3.39. The van der Waals surface area contributed by atoms with Crippen molar-refractivity contribution < 1.29 is 9.90 Å². The predicted molar refractivity (Wildman–Crippen MR) is 73.4 cm³/mol. The largest absolute Gasteiger partial charge is 0.478 e. The highest BCUT2D eigenvalue weighted by Crippen LogP contribution is 2.25. The molecule has 2 aromatic rings. The van der Waals surface area contributed by atoms with Gasteiger partial charge in [-0.1, -0.05) is 15.9 Å². The van der Waals surface area contributed by atoms with Gasteiger partial charge in [0.25, 0.3) is 0 Å². The van der Waals surface area contributed by atoms with Crippen molar-refractivity contribution in [1.82, 2.24) is 4.98 Å². The Balaban J connectivity index is 2.37. The third-order valence-electron chi connectivity index (χ3n) is 2.51. The molecule has 4 nitrogen and oxygen atoms in total. The number of benzene rings is 1. The van der Waals surface area contributed by atoms with Crippen molar-refractivity contribution in [1.29, 1.82) is 0 Å². The number of halogens is 1. The molecule has 0 aliphatic rings. The van der Waals surface area contributed by atoms with Crippen LogP contribution in [0.2, 0.25) is 0 Å². The monoisotopic (exact) mass is 306 g/mol. The fraction of sp³-hybridized carbons (Fsp3) is 0.0769. The molecule has 0 amide bonds. The molecule has 2 N–H and O–H groups in total. The van der Waals surface area contributed by atoms with E-state index in [9.17, 15) is 4.79 Å². The van der Waals surface area contributed by atoms with Crippen molar-refractivity contribution in [2.45, 2.75) is 6.92 Å². The second-order valence-electron chi connectivity index (χ2n) is 3.81. The molecule has 5 heteroatoms. The van der Waals surface area contributed by atoms with E-state index in [1.54, 1.807) is 12.3 Å². The van der Waals surface area contributed by atoms with E-state index >= 15 is 0 Å². The van der Waals surface area contributed by atoms with Gasteiger partial charge in [0.2, 0.25) is 0 Å². The van der Waals surface area contributed by atoms with Crippen molar-refractivity contribution in [2.24, 2.45) is 0 Å². The fourth-order valence-corrected chi connectivity index (χ4v) is 2.06.